The van der Waals surface area contributed by atoms with Crippen molar-refractivity contribution >= 4 is 38.7 Å². The fraction of sp³-hybridized carbons (Fsp3) is 0.667. The Kier molecular flexibility index (Phi) is 7.58. The first kappa shape index (κ1) is 21.4. The van der Waals surface area contributed by atoms with Crippen LogP contribution in [0.2, 0.25) is 0 Å². The van der Waals surface area contributed by atoms with Gasteiger partial charge in [-0.15, -0.1) is 11.3 Å². The number of nitrogens with one attached hydrogen (secondary N) is 2. The molecule has 0 aliphatic heterocycles. The zero-order valence-electron chi connectivity index (χ0n) is 16.4. The summed E-state index contributed by atoms with van der Waals surface area (Å²) < 4.78 is 24.8. The molecule has 2 N–H and O–H groups in total. The molecule has 1 unspecified atom stereocenters. The van der Waals surface area contributed by atoms with E-state index in [2.05, 4.69) is 15.3 Å². The Balaban J connectivity index is 1.52. The van der Waals surface area contributed by atoms with Gasteiger partial charge in [0.1, 0.15) is 4.83 Å². The van der Waals surface area contributed by atoms with Crippen molar-refractivity contribution in [2.24, 2.45) is 0 Å². The van der Waals surface area contributed by atoms with Crippen LogP contribution in [0, 0.1) is 6.92 Å². The summed E-state index contributed by atoms with van der Waals surface area (Å²) in [5, 5.41) is 11.9. The summed E-state index contributed by atoms with van der Waals surface area (Å²) in [4.78, 5) is 14.3. The molecule has 0 spiro atoms. The molecule has 0 saturated heterocycles. The normalized spacial score (nSPS) is 16.7. The van der Waals surface area contributed by atoms with E-state index < -0.39 is 11.3 Å². The third-order valence-electron chi connectivity index (χ3n) is 5.16. The van der Waals surface area contributed by atoms with E-state index in [1.54, 1.807) is 0 Å². The van der Waals surface area contributed by atoms with Crippen LogP contribution in [0.5, 0.6) is 0 Å². The first-order chi connectivity index (χ1) is 13.5. The van der Waals surface area contributed by atoms with E-state index in [-0.39, 0.29) is 5.91 Å². The molecular formula is C18H28N5O3S2-. The number of amides is 1. The number of thiophene rings is 1. The molecule has 8 nitrogen and oxygen atoms in total. The summed E-state index contributed by atoms with van der Waals surface area (Å²) in [6.45, 7) is 4.03. The van der Waals surface area contributed by atoms with Gasteiger partial charge in [-0.2, -0.15) is 5.10 Å². The molecule has 2 aromatic heterocycles. The van der Waals surface area contributed by atoms with Crippen molar-refractivity contribution in [3.05, 3.63) is 16.6 Å². The van der Waals surface area contributed by atoms with Gasteiger partial charge < -0.3 is 15.2 Å². The number of hydrogen-bond donors (Lipinski definition) is 2. The number of fused-ring (bicyclic) bond motifs is 1. The molecule has 1 amide bonds. The number of likely N-dealkylation sites (N-methyl/N-ethyl adjacent to an activating group) is 1. The third-order valence-corrected chi connectivity index (χ3v) is 6.97. The number of carbonyl (C=O) groups is 1. The number of hydrogen-bond acceptors (Lipinski definition) is 6. The van der Waals surface area contributed by atoms with Gasteiger partial charge in [0, 0.05) is 42.8 Å². The predicted molar refractivity (Wildman–Crippen MR) is 111 cm³/mol. The lowest BCUT2D eigenvalue weighted by atomic mass is 9.96. The lowest BCUT2D eigenvalue weighted by Crippen LogP contribution is -2.35. The van der Waals surface area contributed by atoms with Crippen LogP contribution in [0.1, 0.15) is 53.5 Å². The maximum absolute atomic E-state index is 12.5. The van der Waals surface area contributed by atoms with Crippen molar-refractivity contribution < 1.29 is 13.6 Å². The molecular weight excluding hydrogens is 398 g/mol. The van der Waals surface area contributed by atoms with Gasteiger partial charge in [0.05, 0.1) is 16.6 Å². The molecule has 156 valence electrons. The summed E-state index contributed by atoms with van der Waals surface area (Å²) in [6.07, 6.45) is 6.12. The summed E-state index contributed by atoms with van der Waals surface area (Å²) in [6, 6.07) is 2.40. The first-order valence-corrected chi connectivity index (χ1v) is 11.6. The summed E-state index contributed by atoms with van der Waals surface area (Å²) >= 11 is -0.677. The van der Waals surface area contributed by atoms with E-state index in [4.69, 9.17) is 5.10 Å². The number of carbonyl (C=O) groups excluding carboxylic acids is 1. The second-order valence-electron chi connectivity index (χ2n) is 7.23. The zero-order chi connectivity index (χ0) is 20.1. The van der Waals surface area contributed by atoms with Crippen LogP contribution in [0.25, 0.3) is 10.2 Å². The van der Waals surface area contributed by atoms with Gasteiger partial charge in [0.15, 0.2) is 0 Å². The number of nitrogens with zero attached hydrogens (tertiary/aromatic N) is 3. The summed E-state index contributed by atoms with van der Waals surface area (Å²) in [5.41, 5.74) is 0.984. The highest BCUT2D eigenvalue weighted by Crippen LogP contribution is 2.35. The molecule has 10 heteroatoms. The van der Waals surface area contributed by atoms with E-state index in [0.717, 1.165) is 28.8 Å². The molecule has 0 radical (unpaired) electrons. The highest BCUT2D eigenvalue weighted by molar-refractivity contribution is 7.76. The van der Waals surface area contributed by atoms with Gasteiger partial charge in [0.2, 0.25) is 0 Å². The highest BCUT2D eigenvalue weighted by atomic mass is 32.2. The van der Waals surface area contributed by atoms with Crippen molar-refractivity contribution in [1.29, 1.82) is 0 Å². The minimum Gasteiger partial charge on any atom is -0.760 e. The Hall–Kier alpha value is -1.33. The lowest BCUT2D eigenvalue weighted by Gasteiger charge is -2.22. The molecule has 0 aromatic carbocycles. The maximum atomic E-state index is 12.5. The van der Waals surface area contributed by atoms with Crippen molar-refractivity contribution in [2.45, 2.75) is 45.1 Å². The SMILES string of the molecule is Cc1nn(C2CCCCC2)c2sc(C(=O)NCCNCCN(C)S(=O)[O-])cc12. The Morgan fingerprint density at radius 3 is 2.82 bits per heavy atom. The van der Waals surface area contributed by atoms with Crippen molar-refractivity contribution in [3.8, 4) is 0 Å². The minimum atomic E-state index is -2.19. The Morgan fingerprint density at radius 2 is 2.11 bits per heavy atom. The molecule has 0 bridgehead atoms. The van der Waals surface area contributed by atoms with Gasteiger partial charge in [-0.05, 0) is 32.9 Å². The molecule has 28 heavy (non-hydrogen) atoms. The summed E-state index contributed by atoms with van der Waals surface area (Å²) in [5.74, 6) is -0.0737. The Bertz CT molecular complexity index is 829. The van der Waals surface area contributed by atoms with E-state index in [1.165, 1.54) is 42.0 Å². The van der Waals surface area contributed by atoms with Gasteiger partial charge >= 0.3 is 0 Å². The van der Waals surface area contributed by atoms with Crippen LogP contribution >= 0.6 is 11.3 Å². The van der Waals surface area contributed by atoms with Crippen molar-refractivity contribution in [1.82, 2.24) is 24.7 Å². The topological polar surface area (TPSA) is 102 Å². The van der Waals surface area contributed by atoms with Gasteiger partial charge in [-0.25, -0.2) is 4.31 Å². The standard InChI is InChI=1S/C18H29N5O3S2/c1-13-15-12-16(17(24)20-9-8-19-10-11-22(2)28(25)26)27-18(15)23(21-13)14-6-4-3-5-7-14/h12,14,19H,3-11H2,1-2H3,(H,20,24)(H,25,26)/p-1. The predicted octanol–water partition coefficient (Wildman–Crippen LogP) is 1.96. The smallest absolute Gasteiger partial charge is 0.261 e. The molecule has 1 aliphatic rings. The molecule has 2 heterocycles. The van der Waals surface area contributed by atoms with Crippen LogP contribution < -0.4 is 10.6 Å². The number of aromatic nitrogens is 2. The van der Waals surface area contributed by atoms with E-state index in [1.807, 2.05) is 13.0 Å². The van der Waals surface area contributed by atoms with Crippen LogP contribution in [0.3, 0.4) is 0 Å². The van der Waals surface area contributed by atoms with Gasteiger partial charge in [-0.1, -0.05) is 19.3 Å². The third kappa shape index (κ3) is 5.18. The fourth-order valence-corrected chi connectivity index (χ4v) is 4.93. The van der Waals surface area contributed by atoms with Gasteiger partial charge in [0.25, 0.3) is 5.91 Å². The largest absolute Gasteiger partial charge is 0.760 e. The Labute approximate surface area is 172 Å². The minimum absolute atomic E-state index is 0.0737. The van der Waals surface area contributed by atoms with Crippen LogP contribution in [0.4, 0.5) is 0 Å². The van der Waals surface area contributed by atoms with Crippen LogP contribution in [0.15, 0.2) is 6.07 Å². The lowest BCUT2D eigenvalue weighted by molar-refractivity contribution is 0.0958. The van der Waals surface area contributed by atoms with E-state index in [9.17, 15) is 13.6 Å². The van der Waals surface area contributed by atoms with Crippen molar-refractivity contribution in [2.75, 3.05) is 33.2 Å². The monoisotopic (exact) mass is 426 g/mol. The fourth-order valence-electron chi connectivity index (χ4n) is 3.54. The van der Waals surface area contributed by atoms with Crippen LogP contribution in [-0.2, 0) is 11.3 Å². The first-order valence-electron chi connectivity index (χ1n) is 9.75. The molecule has 1 aliphatic carbocycles. The molecule has 2 aromatic rings. The average molecular weight is 427 g/mol. The zero-order valence-corrected chi connectivity index (χ0v) is 18.0. The number of aryl methyl sites for hydroxylation is 1. The van der Waals surface area contributed by atoms with Crippen molar-refractivity contribution in [3.63, 3.8) is 0 Å². The molecule has 1 atom stereocenters. The highest BCUT2D eigenvalue weighted by Gasteiger charge is 2.22. The van der Waals surface area contributed by atoms with E-state index in [0.29, 0.717) is 37.1 Å². The molecule has 1 fully saturated rings. The maximum Gasteiger partial charge on any atom is 0.261 e. The van der Waals surface area contributed by atoms with Crippen LogP contribution in [-0.4, -0.2) is 62.0 Å². The number of rotatable bonds is 9. The summed E-state index contributed by atoms with van der Waals surface area (Å²) in [7, 11) is 1.52. The molecule has 1 saturated carbocycles. The quantitative estimate of drug-likeness (QED) is 0.471. The second kappa shape index (κ2) is 9.93. The Morgan fingerprint density at radius 1 is 1.36 bits per heavy atom. The van der Waals surface area contributed by atoms with E-state index >= 15 is 0 Å². The average Bonchev–Trinajstić information content (AvgIpc) is 3.25. The molecule has 3 rings (SSSR count). The second-order valence-corrected chi connectivity index (χ2v) is 9.31. The van der Waals surface area contributed by atoms with Gasteiger partial charge in [-0.3, -0.25) is 13.7 Å².